The summed E-state index contributed by atoms with van der Waals surface area (Å²) in [6.07, 6.45) is 0.626. The lowest BCUT2D eigenvalue weighted by Gasteiger charge is -2.12. The number of nitrogens with zero attached hydrogens (tertiary/aromatic N) is 2. The van der Waals surface area contributed by atoms with Gasteiger partial charge >= 0.3 is 0 Å². The molecule has 4 rings (SSSR count). The molecule has 1 aliphatic carbocycles. The molecule has 0 atom stereocenters. The fraction of sp³-hybridized carbons (Fsp3) is 0.238. The first-order chi connectivity index (χ1) is 13.5. The van der Waals surface area contributed by atoms with Crippen molar-refractivity contribution in [3.63, 3.8) is 0 Å². The SMILES string of the molecule is COc1cc2c(cc1OC)-c1c(c(Nc3cccc(F)c3)nn1CC(C)=O)C2. The minimum Gasteiger partial charge on any atom is -0.493 e. The lowest BCUT2D eigenvalue weighted by atomic mass is 10.1. The number of ketones is 1. The molecule has 1 aromatic heterocycles. The number of benzene rings is 2. The normalized spacial score (nSPS) is 11.7. The number of Topliss-reactive ketones (excluding diaryl/α,β-unsaturated/α-hetero) is 1. The fourth-order valence-corrected chi connectivity index (χ4v) is 3.57. The topological polar surface area (TPSA) is 65.4 Å². The molecule has 7 heteroatoms. The number of ether oxygens (including phenoxy) is 2. The summed E-state index contributed by atoms with van der Waals surface area (Å²) in [5.74, 6) is 1.54. The molecule has 0 unspecified atom stereocenters. The van der Waals surface area contributed by atoms with Crippen molar-refractivity contribution in [1.29, 1.82) is 0 Å². The summed E-state index contributed by atoms with van der Waals surface area (Å²) in [6.45, 7) is 1.68. The predicted octanol–water partition coefficient (Wildman–Crippen LogP) is 3.94. The summed E-state index contributed by atoms with van der Waals surface area (Å²) in [5.41, 5.74) is 4.43. The van der Waals surface area contributed by atoms with Crippen LogP contribution in [-0.2, 0) is 17.8 Å². The largest absolute Gasteiger partial charge is 0.493 e. The van der Waals surface area contributed by atoms with Gasteiger partial charge in [-0.25, -0.2) is 4.39 Å². The van der Waals surface area contributed by atoms with E-state index in [1.54, 1.807) is 31.0 Å². The van der Waals surface area contributed by atoms with Crippen molar-refractivity contribution < 1.29 is 18.7 Å². The Kier molecular flexibility index (Phi) is 4.50. The third-order valence-corrected chi connectivity index (χ3v) is 4.74. The first-order valence-electron chi connectivity index (χ1n) is 8.87. The molecular weight excluding hydrogens is 361 g/mol. The lowest BCUT2D eigenvalue weighted by molar-refractivity contribution is -0.117. The molecule has 6 nitrogen and oxygen atoms in total. The molecule has 1 heterocycles. The Morgan fingerprint density at radius 2 is 1.96 bits per heavy atom. The van der Waals surface area contributed by atoms with Crippen LogP contribution in [0.5, 0.6) is 11.5 Å². The number of rotatable bonds is 6. The molecule has 28 heavy (non-hydrogen) atoms. The van der Waals surface area contributed by atoms with Gasteiger partial charge in [-0.15, -0.1) is 0 Å². The molecule has 0 bridgehead atoms. The second-order valence-corrected chi connectivity index (χ2v) is 6.71. The number of anilines is 2. The Morgan fingerprint density at radius 3 is 2.64 bits per heavy atom. The Balaban J connectivity index is 1.82. The Morgan fingerprint density at radius 1 is 1.21 bits per heavy atom. The van der Waals surface area contributed by atoms with E-state index in [0.29, 0.717) is 29.4 Å². The van der Waals surface area contributed by atoms with Gasteiger partial charge in [-0.1, -0.05) is 6.07 Å². The van der Waals surface area contributed by atoms with Crippen molar-refractivity contribution in [1.82, 2.24) is 9.78 Å². The number of nitrogens with one attached hydrogen (secondary N) is 1. The van der Waals surface area contributed by atoms with Crippen molar-refractivity contribution in [3.05, 3.63) is 53.3 Å². The van der Waals surface area contributed by atoms with Crippen molar-refractivity contribution >= 4 is 17.3 Å². The smallest absolute Gasteiger partial charge is 0.161 e. The van der Waals surface area contributed by atoms with Crippen LogP contribution < -0.4 is 14.8 Å². The van der Waals surface area contributed by atoms with Crippen LogP contribution in [0.25, 0.3) is 11.3 Å². The highest BCUT2D eigenvalue weighted by atomic mass is 19.1. The van der Waals surface area contributed by atoms with Gasteiger partial charge in [-0.2, -0.15) is 5.10 Å². The molecule has 0 saturated carbocycles. The van der Waals surface area contributed by atoms with Gasteiger partial charge in [-0.05, 0) is 42.8 Å². The Labute approximate surface area is 161 Å². The predicted molar refractivity (Wildman–Crippen MR) is 104 cm³/mol. The molecule has 0 saturated heterocycles. The van der Waals surface area contributed by atoms with E-state index in [0.717, 1.165) is 22.4 Å². The van der Waals surface area contributed by atoms with Crippen molar-refractivity contribution in [2.45, 2.75) is 19.9 Å². The lowest BCUT2D eigenvalue weighted by Crippen LogP contribution is -2.09. The molecule has 0 aliphatic heterocycles. The molecule has 1 aliphatic rings. The van der Waals surface area contributed by atoms with Crippen LogP contribution >= 0.6 is 0 Å². The van der Waals surface area contributed by atoms with Crippen molar-refractivity contribution in [2.24, 2.45) is 0 Å². The second kappa shape index (κ2) is 6.99. The van der Waals surface area contributed by atoms with E-state index in [-0.39, 0.29) is 18.1 Å². The van der Waals surface area contributed by atoms with Gasteiger partial charge in [-0.3, -0.25) is 9.48 Å². The van der Waals surface area contributed by atoms with E-state index in [4.69, 9.17) is 9.47 Å². The third kappa shape index (κ3) is 3.09. The zero-order valence-electron chi connectivity index (χ0n) is 15.9. The first-order valence-corrected chi connectivity index (χ1v) is 8.87. The average molecular weight is 381 g/mol. The van der Waals surface area contributed by atoms with Gasteiger partial charge in [0.05, 0.1) is 26.5 Å². The van der Waals surface area contributed by atoms with Crippen LogP contribution in [0.2, 0.25) is 0 Å². The fourth-order valence-electron chi connectivity index (χ4n) is 3.57. The summed E-state index contributed by atoms with van der Waals surface area (Å²) in [5, 5.41) is 7.77. The minimum atomic E-state index is -0.331. The zero-order chi connectivity index (χ0) is 19.8. The van der Waals surface area contributed by atoms with Crippen LogP contribution in [0.15, 0.2) is 36.4 Å². The molecule has 0 fully saturated rings. The molecule has 2 aromatic carbocycles. The third-order valence-electron chi connectivity index (χ3n) is 4.74. The minimum absolute atomic E-state index is 0.00321. The average Bonchev–Trinajstić information content (AvgIpc) is 3.18. The second-order valence-electron chi connectivity index (χ2n) is 6.71. The van der Waals surface area contributed by atoms with Gasteiger partial charge < -0.3 is 14.8 Å². The summed E-state index contributed by atoms with van der Waals surface area (Å²) in [7, 11) is 3.19. The number of fused-ring (bicyclic) bond motifs is 3. The monoisotopic (exact) mass is 381 g/mol. The van der Waals surface area contributed by atoms with Crippen molar-refractivity contribution in [3.8, 4) is 22.8 Å². The molecule has 3 aromatic rings. The molecule has 0 amide bonds. The highest BCUT2D eigenvalue weighted by Crippen LogP contribution is 2.45. The highest BCUT2D eigenvalue weighted by molar-refractivity contribution is 5.84. The zero-order valence-corrected chi connectivity index (χ0v) is 15.9. The molecule has 144 valence electrons. The van der Waals surface area contributed by atoms with Gasteiger partial charge in [0.2, 0.25) is 0 Å². The van der Waals surface area contributed by atoms with Gasteiger partial charge in [0.15, 0.2) is 23.1 Å². The van der Waals surface area contributed by atoms with E-state index >= 15 is 0 Å². The van der Waals surface area contributed by atoms with E-state index in [1.165, 1.54) is 19.1 Å². The van der Waals surface area contributed by atoms with E-state index in [9.17, 15) is 9.18 Å². The standard InChI is InChI=1S/C21H20FN3O3/c1-12(26)11-25-20-16-10-19(28-3)18(27-2)8-13(16)7-17(20)21(24-25)23-15-6-4-5-14(22)9-15/h4-6,8-10H,7,11H2,1-3H3,(H,23,24). The first kappa shape index (κ1) is 18.0. The van der Waals surface area contributed by atoms with Crippen LogP contribution in [0.1, 0.15) is 18.1 Å². The Hall–Kier alpha value is -3.35. The maximum Gasteiger partial charge on any atom is 0.161 e. The molecule has 0 radical (unpaired) electrons. The van der Waals surface area contributed by atoms with E-state index in [1.807, 2.05) is 12.1 Å². The van der Waals surface area contributed by atoms with Crippen LogP contribution in [-0.4, -0.2) is 29.8 Å². The Bertz CT molecular complexity index is 1070. The highest BCUT2D eigenvalue weighted by Gasteiger charge is 2.30. The molecule has 0 spiro atoms. The van der Waals surface area contributed by atoms with Crippen LogP contribution in [0, 0.1) is 5.82 Å². The quantitative estimate of drug-likeness (QED) is 0.548. The van der Waals surface area contributed by atoms with Gasteiger partial charge in [0.25, 0.3) is 0 Å². The number of carbonyl (C=O) groups excluding carboxylic acids is 1. The number of carbonyl (C=O) groups is 1. The number of halogens is 1. The summed E-state index contributed by atoms with van der Waals surface area (Å²) < 4.78 is 26.1. The number of aromatic nitrogens is 2. The number of methoxy groups -OCH3 is 2. The summed E-state index contributed by atoms with van der Waals surface area (Å²) in [4.78, 5) is 11.8. The summed E-state index contributed by atoms with van der Waals surface area (Å²) >= 11 is 0. The maximum absolute atomic E-state index is 13.6. The van der Waals surface area contributed by atoms with Crippen LogP contribution in [0.3, 0.4) is 0 Å². The van der Waals surface area contributed by atoms with Gasteiger partial charge in [0.1, 0.15) is 5.82 Å². The number of hydrogen-bond donors (Lipinski definition) is 1. The van der Waals surface area contributed by atoms with Gasteiger partial charge in [0, 0.05) is 23.2 Å². The molecule has 1 N–H and O–H groups in total. The van der Waals surface area contributed by atoms with E-state index < -0.39 is 0 Å². The summed E-state index contributed by atoms with van der Waals surface area (Å²) in [6, 6.07) is 10.0. The molecular formula is C21H20FN3O3. The maximum atomic E-state index is 13.6. The van der Waals surface area contributed by atoms with E-state index in [2.05, 4.69) is 10.4 Å². The van der Waals surface area contributed by atoms with Crippen LogP contribution in [0.4, 0.5) is 15.9 Å². The van der Waals surface area contributed by atoms with Crippen molar-refractivity contribution in [2.75, 3.05) is 19.5 Å². The number of hydrogen-bond acceptors (Lipinski definition) is 5.